The zero-order valence-corrected chi connectivity index (χ0v) is 26.5. The number of carbonyl (C=O) groups is 2. The Morgan fingerprint density at radius 3 is 1.61 bits per heavy atom. The maximum absolute atomic E-state index is 11.2. The van der Waals surface area contributed by atoms with Crippen molar-refractivity contribution in [3.05, 3.63) is 0 Å². The van der Waals surface area contributed by atoms with Gasteiger partial charge < -0.3 is 24.0 Å². The van der Waals surface area contributed by atoms with Crippen LogP contribution in [0.25, 0.3) is 0 Å². The molecule has 172 valence electrons. The Balaban J connectivity index is -0.000000243. The molecular weight excluding hydrogens is 461 g/mol. The van der Waals surface area contributed by atoms with Crippen LogP contribution >= 0.6 is 0 Å². The quantitative estimate of drug-likeness (QED) is 0.0728. The van der Waals surface area contributed by atoms with Crippen molar-refractivity contribution in [1.82, 2.24) is 0 Å². The van der Waals surface area contributed by atoms with Crippen LogP contribution in [0.15, 0.2) is 0 Å². The fraction of sp³-hybridized carbons (Fsp3) is 0.889. The molecule has 0 aliphatic carbocycles. The molecule has 3 atom stereocenters. The third-order valence-corrected chi connectivity index (χ3v) is 5.36. The van der Waals surface area contributed by atoms with E-state index in [2.05, 4.69) is 6.92 Å². The van der Waals surface area contributed by atoms with Crippen LogP contribution in [0.3, 0.4) is 0 Å². The van der Waals surface area contributed by atoms with Gasteiger partial charge in [-0.05, 0) is 13.3 Å². The van der Waals surface area contributed by atoms with Gasteiger partial charge in [0.2, 0.25) is 5.25 Å². The van der Waals surface area contributed by atoms with E-state index in [1.807, 2.05) is 0 Å². The first-order valence-corrected chi connectivity index (χ1v) is 11.3. The molecule has 0 aliphatic rings. The molecule has 13 heteroatoms. The van der Waals surface area contributed by atoms with Crippen LogP contribution in [0.1, 0.15) is 82.3 Å². The number of hydrogen-bond acceptors (Lipinski definition) is 6. The Morgan fingerprint density at radius 1 is 0.839 bits per heavy atom. The van der Waals surface area contributed by atoms with Gasteiger partial charge in [0.25, 0.3) is 10.1 Å². The van der Waals surface area contributed by atoms with Crippen LogP contribution in [0.2, 0.25) is 0 Å². The summed E-state index contributed by atoms with van der Waals surface area (Å²) in [5.74, 6) is -3.84. The standard InChI is InChI=1S/C18H34O9S.3Na.3H/c1-3-4-5-6-7-8-9-10-11-12-13-26-14(2)27-15(17(19)20)16(18(21)22)28(23,24)25;;;;;;/h14-16H,3-13H2,1-2H3,(H,19,20)(H,21,22)(H,23,24,25);;;;;;/q;3*+1;3*-1. The van der Waals surface area contributed by atoms with E-state index >= 15 is 0 Å². The summed E-state index contributed by atoms with van der Waals surface area (Å²) in [6.07, 6.45) is 8.00. The molecule has 0 radical (unpaired) electrons. The molecule has 0 aromatic heterocycles. The minimum Gasteiger partial charge on any atom is -1.00 e. The van der Waals surface area contributed by atoms with Crippen molar-refractivity contribution in [1.29, 1.82) is 0 Å². The first kappa shape index (κ1) is 40.0. The molecule has 0 aliphatic heterocycles. The minimum atomic E-state index is -5.16. The molecule has 0 amide bonds. The third kappa shape index (κ3) is 20.8. The van der Waals surface area contributed by atoms with Crippen molar-refractivity contribution >= 4 is 22.1 Å². The van der Waals surface area contributed by atoms with E-state index < -0.39 is 39.7 Å². The summed E-state index contributed by atoms with van der Waals surface area (Å²) in [5.41, 5.74) is 0. The number of unbranched alkanes of at least 4 members (excludes halogenated alkanes) is 9. The van der Waals surface area contributed by atoms with Crippen LogP contribution in [0, 0.1) is 0 Å². The monoisotopic (exact) mass is 498 g/mol. The maximum atomic E-state index is 11.2. The van der Waals surface area contributed by atoms with E-state index in [1.54, 1.807) is 0 Å². The minimum absolute atomic E-state index is 0. The van der Waals surface area contributed by atoms with E-state index in [0.717, 1.165) is 25.7 Å². The summed E-state index contributed by atoms with van der Waals surface area (Å²) in [4.78, 5) is 22.2. The summed E-state index contributed by atoms with van der Waals surface area (Å²) < 4.78 is 41.5. The Bertz CT molecular complexity index is 576. The Labute approximate surface area is 256 Å². The summed E-state index contributed by atoms with van der Waals surface area (Å²) in [5, 5.41) is 15.3. The molecular formula is C18H37Na3O9S. The van der Waals surface area contributed by atoms with E-state index in [1.165, 1.54) is 45.4 Å². The molecule has 3 N–H and O–H groups in total. The number of carboxylic acids is 2. The van der Waals surface area contributed by atoms with Gasteiger partial charge >= 0.3 is 101 Å². The smallest absolute Gasteiger partial charge is 1.00 e. The predicted octanol–water partition coefficient (Wildman–Crippen LogP) is -5.57. The van der Waals surface area contributed by atoms with E-state index in [-0.39, 0.29) is 99.6 Å². The molecule has 0 aromatic carbocycles. The molecule has 0 saturated carbocycles. The zero-order valence-electron chi connectivity index (χ0n) is 22.7. The number of rotatable bonds is 18. The fourth-order valence-corrected chi connectivity index (χ4v) is 3.50. The van der Waals surface area contributed by atoms with Gasteiger partial charge in [0.05, 0.1) is 0 Å². The number of hydrogen-bond donors (Lipinski definition) is 3. The Hall–Kier alpha value is 1.77. The Kier molecular flexibility index (Phi) is 30.3. The molecule has 0 heterocycles. The summed E-state index contributed by atoms with van der Waals surface area (Å²) in [6, 6.07) is 0. The number of aliphatic carboxylic acids is 2. The van der Waals surface area contributed by atoms with Gasteiger partial charge in [-0.3, -0.25) is 9.35 Å². The van der Waals surface area contributed by atoms with Crippen LogP contribution < -0.4 is 88.7 Å². The summed E-state index contributed by atoms with van der Waals surface area (Å²) in [6.45, 7) is 3.80. The first-order chi connectivity index (χ1) is 13.1. The second-order valence-electron chi connectivity index (χ2n) is 6.79. The largest absolute Gasteiger partial charge is 1.00 e. The van der Waals surface area contributed by atoms with Gasteiger partial charge in [-0.25, -0.2) is 4.79 Å². The number of ether oxygens (including phenoxy) is 2. The maximum Gasteiger partial charge on any atom is 1.00 e. The van der Waals surface area contributed by atoms with E-state index in [9.17, 15) is 18.0 Å². The van der Waals surface area contributed by atoms with E-state index in [0.29, 0.717) is 0 Å². The Morgan fingerprint density at radius 2 is 1.26 bits per heavy atom. The number of carboxylic acid groups (broad SMARTS) is 2. The van der Waals surface area contributed by atoms with Crippen molar-refractivity contribution in [3.63, 3.8) is 0 Å². The third-order valence-electron chi connectivity index (χ3n) is 4.27. The SMILES string of the molecule is CCCCCCCCCCCCOC(C)OC(C(=O)O)C(C(=O)O)S(=O)(=O)O.[H-].[H-].[H-].[Na+].[Na+].[Na+]. The molecule has 0 fully saturated rings. The van der Waals surface area contributed by atoms with Gasteiger partial charge in [-0.2, -0.15) is 8.42 Å². The molecule has 0 bridgehead atoms. The first-order valence-electron chi connectivity index (χ1n) is 9.80. The molecule has 0 aromatic rings. The average Bonchev–Trinajstić information content (AvgIpc) is 2.57. The molecule has 0 rings (SSSR count). The normalized spacial score (nSPS) is 13.6. The molecule has 3 unspecified atom stereocenters. The molecule has 0 spiro atoms. The fourth-order valence-electron chi connectivity index (χ4n) is 2.76. The second kappa shape index (κ2) is 23.5. The molecule has 9 nitrogen and oxygen atoms in total. The van der Waals surface area contributed by atoms with Crippen molar-refractivity contribution in [2.75, 3.05) is 6.61 Å². The van der Waals surface area contributed by atoms with Crippen LogP contribution in [-0.4, -0.2) is 59.4 Å². The zero-order chi connectivity index (χ0) is 21.6. The van der Waals surface area contributed by atoms with Crippen molar-refractivity contribution in [3.8, 4) is 0 Å². The van der Waals surface area contributed by atoms with Crippen LogP contribution in [0.4, 0.5) is 0 Å². The average molecular weight is 499 g/mol. The molecule has 0 saturated heterocycles. The predicted molar refractivity (Wildman–Crippen MR) is 106 cm³/mol. The summed E-state index contributed by atoms with van der Waals surface area (Å²) >= 11 is 0. The van der Waals surface area contributed by atoms with Crippen LogP contribution in [-0.2, 0) is 29.2 Å². The van der Waals surface area contributed by atoms with Gasteiger partial charge in [0.1, 0.15) is 0 Å². The van der Waals surface area contributed by atoms with Crippen molar-refractivity contribution in [2.45, 2.75) is 95.7 Å². The van der Waals surface area contributed by atoms with Gasteiger partial charge in [-0.1, -0.05) is 64.7 Å². The van der Waals surface area contributed by atoms with Gasteiger partial charge in [-0.15, -0.1) is 0 Å². The van der Waals surface area contributed by atoms with Crippen molar-refractivity contribution in [2.24, 2.45) is 0 Å². The van der Waals surface area contributed by atoms with E-state index in [4.69, 9.17) is 24.2 Å². The summed E-state index contributed by atoms with van der Waals surface area (Å²) in [7, 11) is -5.16. The molecule has 31 heavy (non-hydrogen) atoms. The topological polar surface area (TPSA) is 147 Å². The second-order valence-corrected chi connectivity index (χ2v) is 8.33. The van der Waals surface area contributed by atoms with Gasteiger partial charge in [0, 0.05) is 6.61 Å². The van der Waals surface area contributed by atoms with Crippen molar-refractivity contribution < 1.29 is 135 Å². The van der Waals surface area contributed by atoms with Crippen LogP contribution in [0.5, 0.6) is 0 Å². The van der Waals surface area contributed by atoms with Gasteiger partial charge in [0.15, 0.2) is 12.4 Å².